The molecule has 134 valence electrons. The van der Waals surface area contributed by atoms with Crippen molar-refractivity contribution in [3.8, 4) is 0 Å². The Kier molecular flexibility index (Phi) is 6.71. The van der Waals surface area contributed by atoms with Crippen LogP contribution in [0.15, 0.2) is 48.5 Å². The van der Waals surface area contributed by atoms with Crippen molar-refractivity contribution in [1.82, 2.24) is 0 Å². The molecule has 0 bridgehead atoms. The lowest BCUT2D eigenvalue weighted by Gasteiger charge is -2.20. The monoisotopic (exact) mass is 343 g/mol. The van der Waals surface area contributed by atoms with Crippen molar-refractivity contribution in [2.45, 2.75) is 39.7 Å². The van der Waals surface area contributed by atoms with Crippen molar-refractivity contribution in [3.63, 3.8) is 0 Å². The summed E-state index contributed by atoms with van der Waals surface area (Å²) in [5, 5.41) is 5.04. The number of nitrogens with two attached hydrogens (primary N) is 1. The molecule has 3 N–H and O–H groups in total. The van der Waals surface area contributed by atoms with Crippen LogP contribution in [0.4, 0.5) is 10.1 Å². The molecule has 0 unspecified atom stereocenters. The first kappa shape index (κ1) is 19.1. The van der Waals surface area contributed by atoms with Crippen molar-refractivity contribution in [2.24, 2.45) is 5.92 Å². The van der Waals surface area contributed by atoms with Crippen LogP contribution < -0.4 is 10.6 Å². The Morgan fingerprint density at radius 3 is 2.28 bits per heavy atom. The quantitative estimate of drug-likeness (QED) is 0.788. The largest absolute Gasteiger partial charge is 0.332 e. The Balaban J connectivity index is 2.01. The SMILES string of the molecule is CC(C)c1ccccc1NC(=O)C[NH2+][C@@H](c1ccc(F)cc1)C(C)C. The molecule has 1 amide bonds. The Bertz CT molecular complexity index is 695. The lowest BCUT2D eigenvalue weighted by Crippen LogP contribution is -2.88. The average molecular weight is 343 g/mol. The number of quaternary nitrogens is 1. The number of nitrogens with one attached hydrogen (secondary N) is 1. The van der Waals surface area contributed by atoms with E-state index >= 15 is 0 Å². The first-order valence-corrected chi connectivity index (χ1v) is 8.86. The van der Waals surface area contributed by atoms with Crippen LogP contribution in [0.25, 0.3) is 0 Å². The van der Waals surface area contributed by atoms with Gasteiger partial charge in [0.05, 0.1) is 0 Å². The number of hydrogen-bond acceptors (Lipinski definition) is 1. The highest BCUT2D eigenvalue weighted by atomic mass is 19.1. The highest BCUT2D eigenvalue weighted by Gasteiger charge is 2.21. The lowest BCUT2D eigenvalue weighted by molar-refractivity contribution is -0.692. The Labute approximate surface area is 149 Å². The van der Waals surface area contributed by atoms with Gasteiger partial charge >= 0.3 is 0 Å². The van der Waals surface area contributed by atoms with Gasteiger partial charge in [0, 0.05) is 17.2 Å². The molecule has 0 saturated heterocycles. The number of anilines is 1. The second-order valence-corrected chi connectivity index (χ2v) is 7.05. The van der Waals surface area contributed by atoms with Crippen molar-refractivity contribution < 1.29 is 14.5 Å². The molecule has 0 aliphatic rings. The van der Waals surface area contributed by atoms with Gasteiger partial charge in [0.25, 0.3) is 5.91 Å². The maximum atomic E-state index is 13.1. The second-order valence-electron chi connectivity index (χ2n) is 7.05. The van der Waals surface area contributed by atoms with E-state index in [4.69, 9.17) is 0 Å². The molecule has 0 saturated carbocycles. The molecular weight excluding hydrogens is 315 g/mol. The molecule has 0 aliphatic heterocycles. The molecule has 0 radical (unpaired) electrons. The number of carbonyl (C=O) groups excluding carboxylic acids is 1. The average Bonchev–Trinajstić information content (AvgIpc) is 2.56. The molecule has 3 nitrogen and oxygen atoms in total. The molecule has 0 aliphatic carbocycles. The zero-order valence-corrected chi connectivity index (χ0v) is 15.4. The summed E-state index contributed by atoms with van der Waals surface area (Å²) in [6.45, 7) is 8.76. The number of hydrogen-bond donors (Lipinski definition) is 2. The third kappa shape index (κ3) is 5.40. The number of rotatable bonds is 7. The van der Waals surface area contributed by atoms with E-state index in [1.165, 1.54) is 12.1 Å². The molecule has 0 heterocycles. The Morgan fingerprint density at radius 1 is 1.04 bits per heavy atom. The van der Waals surface area contributed by atoms with Gasteiger partial charge in [-0.15, -0.1) is 0 Å². The number of benzene rings is 2. The predicted molar refractivity (Wildman–Crippen MR) is 99.9 cm³/mol. The number of carbonyl (C=O) groups is 1. The normalized spacial score (nSPS) is 12.4. The molecule has 25 heavy (non-hydrogen) atoms. The summed E-state index contributed by atoms with van der Waals surface area (Å²) >= 11 is 0. The van der Waals surface area contributed by atoms with Gasteiger partial charge in [-0.25, -0.2) is 4.39 Å². The number of amides is 1. The van der Waals surface area contributed by atoms with Gasteiger partial charge in [-0.05, 0) is 29.7 Å². The van der Waals surface area contributed by atoms with Crippen LogP contribution in [0.5, 0.6) is 0 Å². The number of halogens is 1. The lowest BCUT2D eigenvalue weighted by atomic mass is 9.96. The first-order valence-electron chi connectivity index (χ1n) is 8.86. The summed E-state index contributed by atoms with van der Waals surface area (Å²) in [6, 6.07) is 14.5. The van der Waals surface area contributed by atoms with E-state index in [9.17, 15) is 9.18 Å². The van der Waals surface area contributed by atoms with Crippen molar-refractivity contribution in [3.05, 3.63) is 65.5 Å². The highest BCUT2D eigenvalue weighted by Crippen LogP contribution is 2.23. The van der Waals surface area contributed by atoms with E-state index in [2.05, 4.69) is 33.0 Å². The topological polar surface area (TPSA) is 45.7 Å². The standard InChI is InChI=1S/C21H27FN2O/c1-14(2)18-7-5-6-8-19(18)24-20(25)13-23-21(15(3)4)16-9-11-17(22)12-10-16/h5-12,14-15,21,23H,13H2,1-4H3,(H,24,25)/p+1/t21-/m1/s1. The third-order valence-corrected chi connectivity index (χ3v) is 4.39. The Hall–Kier alpha value is -2.20. The molecule has 2 rings (SSSR count). The molecule has 0 aromatic heterocycles. The molecular formula is C21H28FN2O+. The van der Waals surface area contributed by atoms with Gasteiger partial charge < -0.3 is 10.6 Å². The minimum Gasteiger partial charge on any atom is -0.332 e. The summed E-state index contributed by atoms with van der Waals surface area (Å²) in [4.78, 5) is 12.4. The molecule has 0 spiro atoms. The number of para-hydroxylation sites is 1. The fraction of sp³-hybridized carbons (Fsp3) is 0.381. The van der Waals surface area contributed by atoms with Crippen LogP contribution in [0.2, 0.25) is 0 Å². The second kappa shape index (κ2) is 8.77. The first-order chi connectivity index (χ1) is 11.9. The van der Waals surface area contributed by atoms with Gasteiger partial charge in [-0.3, -0.25) is 4.79 Å². The predicted octanol–water partition coefficient (Wildman–Crippen LogP) is 3.85. The van der Waals surface area contributed by atoms with E-state index in [0.29, 0.717) is 18.4 Å². The van der Waals surface area contributed by atoms with Gasteiger partial charge in [0.15, 0.2) is 6.54 Å². The van der Waals surface area contributed by atoms with E-state index in [1.807, 2.05) is 29.6 Å². The van der Waals surface area contributed by atoms with E-state index in [0.717, 1.165) is 16.8 Å². The van der Waals surface area contributed by atoms with Crippen LogP contribution in [-0.4, -0.2) is 12.5 Å². The minimum absolute atomic E-state index is 0.0270. The van der Waals surface area contributed by atoms with Crippen LogP contribution in [0.1, 0.15) is 50.8 Å². The van der Waals surface area contributed by atoms with Crippen molar-refractivity contribution >= 4 is 11.6 Å². The minimum atomic E-state index is -0.241. The van der Waals surface area contributed by atoms with Crippen LogP contribution in [0.3, 0.4) is 0 Å². The van der Waals surface area contributed by atoms with E-state index in [-0.39, 0.29) is 17.8 Å². The van der Waals surface area contributed by atoms with Gasteiger partial charge in [0.1, 0.15) is 11.9 Å². The fourth-order valence-corrected chi connectivity index (χ4v) is 3.03. The zero-order chi connectivity index (χ0) is 18.4. The molecule has 2 aromatic carbocycles. The molecule has 2 aromatic rings. The maximum absolute atomic E-state index is 13.1. The van der Waals surface area contributed by atoms with Crippen LogP contribution in [0, 0.1) is 11.7 Å². The molecule has 1 atom stereocenters. The smallest absolute Gasteiger partial charge is 0.279 e. The van der Waals surface area contributed by atoms with Crippen LogP contribution >= 0.6 is 0 Å². The summed E-state index contributed by atoms with van der Waals surface area (Å²) in [5.74, 6) is 0.416. The summed E-state index contributed by atoms with van der Waals surface area (Å²) < 4.78 is 13.1. The van der Waals surface area contributed by atoms with Crippen molar-refractivity contribution in [2.75, 3.05) is 11.9 Å². The Morgan fingerprint density at radius 2 is 1.68 bits per heavy atom. The highest BCUT2D eigenvalue weighted by molar-refractivity contribution is 5.92. The summed E-state index contributed by atoms with van der Waals surface area (Å²) in [7, 11) is 0. The summed E-state index contributed by atoms with van der Waals surface area (Å²) in [5.41, 5.74) is 3.04. The van der Waals surface area contributed by atoms with Gasteiger partial charge in [-0.2, -0.15) is 0 Å². The third-order valence-electron chi connectivity index (χ3n) is 4.39. The van der Waals surface area contributed by atoms with Gasteiger partial charge in [0.2, 0.25) is 0 Å². The van der Waals surface area contributed by atoms with Gasteiger partial charge in [-0.1, -0.05) is 58.0 Å². The fourth-order valence-electron chi connectivity index (χ4n) is 3.03. The molecule has 0 fully saturated rings. The van der Waals surface area contributed by atoms with E-state index in [1.54, 1.807) is 12.1 Å². The summed E-state index contributed by atoms with van der Waals surface area (Å²) in [6.07, 6.45) is 0. The maximum Gasteiger partial charge on any atom is 0.279 e. The van der Waals surface area contributed by atoms with E-state index < -0.39 is 0 Å². The van der Waals surface area contributed by atoms with Crippen LogP contribution in [-0.2, 0) is 4.79 Å². The zero-order valence-electron chi connectivity index (χ0n) is 15.4. The van der Waals surface area contributed by atoms with Crippen molar-refractivity contribution in [1.29, 1.82) is 0 Å². The molecule has 4 heteroatoms.